The summed E-state index contributed by atoms with van der Waals surface area (Å²) < 4.78 is 0. The quantitative estimate of drug-likeness (QED) is 0.619. The first-order chi connectivity index (χ1) is 4.43. The minimum Gasteiger partial charge on any atom is -0.317 e. The molecule has 1 fully saturated rings. The maximum atomic E-state index is 3.29. The Labute approximate surface area is 76.5 Å². The van der Waals surface area contributed by atoms with Crippen molar-refractivity contribution in [2.45, 2.75) is 12.8 Å². The SMILES string of the molecule is BrC#CC1CCNCC1.Cl. The fraction of sp³-hybridized carbons (Fsp3) is 0.714. The minimum absolute atomic E-state index is 0. The van der Waals surface area contributed by atoms with Crippen molar-refractivity contribution in [3.05, 3.63) is 0 Å². The van der Waals surface area contributed by atoms with Gasteiger partial charge in [-0.3, -0.25) is 0 Å². The van der Waals surface area contributed by atoms with Crippen molar-refractivity contribution < 1.29 is 0 Å². The summed E-state index contributed by atoms with van der Waals surface area (Å²) in [5.74, 6) is 3.74. The van der Waals surface area contributed by atoms with Crippen LogP contribution in [0.15, 0.2) is 0 Å². The molecule has 0 radical (unpaired) electrons. The molecular weight excluding hydrogens is 213 g/mol. The molecule has 1 aliphatic rings. The van der Waals surface area contributed by atoms with Crippen LogP contribution in [0.2, 0.25) is 0 Å². The van der Waals surface area contributed by atoms with E-state index in [2.05, 4.69) is 32.0 Å². The lowest BCUT2D eigenvalue weighted by molar-refractivity contribution is 0.448. The normalized spacial score (nSPS) is 18.5. The van der Waals surface area contributed by atoms with Crippen molar-refractivity contribution in [1.82, 2.24) is 5.32 Å². The largest absolute Gasteiger partial charge is 0.317 e. The van der Waals surface area contributed by atoms with E-state index in [0.29, 0.717) is 5.92 Å². The van der Waals surface area contributed by atoms with Gasteiger partial charge in [-0.05, 0) is 30.8 Å². The van der Waals surface area contributed by atoms with Gasteiger partial charge in [0, 0.05) is 21.8 Å². The van der Waals surface area contributed by atoms with Gasteiger partial charge in [0.2, 0.25) is 0 Å². The van der Waals surface area contributed by atoms with E-state index < -0.39 is 0 Å². The van der Waals surface area contributed by atoms with Crippen LogP contribution in [-0.4, -0.2) is 13.1 Å². The molecule has 0 amide bonds. The van der Waals surface area contributed by atoms with Crippen LogP contribution in [0.4, 0.5) is 0 Å². The first kappa shape index (κ1) is 10.3. The van der Waals surface area contributed by atoms with Crippen LogP contribution in [-0.2, 0) is 0 Å². The number of piperidine rings is 1. The van der Waals surface area contributed by atoms with Crippen molar-refractivity contribution in [2.75, 3.05) is 13.1 Å². The molecule has 0 bridgehead atoms. The van der Waals surface area contributed by atoms with Crippen LogP contribution < -0.4 is 5.32 Å². The van der Waals surface area contributed by atoms with Gasteiger partial charge in [-0.2, -0.15) is 0 Å². The molecule has 0 atom stereocenters. The maximum absolute atomic E-state index is 3.29. The van der Waals surface area contributed by atoms with E-state index in [1.807, 2.05) is 0 Å². The van der Waals surface area contributed by atoms with E-state index in [9.17, 15) is 0 Å². The van der Waals surface area contributed by atoms with Gasteiger partial charge in [-0.25, -0.2) is 0 Å². The second-order valence-corrected chi connectivity index (χ2v) is 2.66. The lowest BCUT2D eigenvalue weighted by Crippen LogP contribution is -2.26. The van der Waals surface area contributed by atoms with E-state index in [4.69, 9.17) is 0 Å². The van der Waals surface area contributed by atoms with Crippen LogP contribution in [0, 0.1) is 16.7 Å². The maximum Gasteiger partial charge on any atom is 0.0236 e. The number of hydrogen-bond acceptors (Lipinski definition) is 1. The molecule has 10 heavy (non-hydrogen) atoms. The fourth-order valence-corrected chi connectivity index (χ4v) is 1.37. The number of halogens is 2. The molecule has 0 saturated carbocycles. The lowest BCUT2D eigenvalue weighted by atomic mass is 10.00. The summed E-state index contributed by atoms with van der Waals surface area (Å²) in [7, 11) is 0. The third-order valence-electron chi connectivity index (χ3n) is 1.60. The van der Waals surface area contributed by atoms with Gasteiger partial charge in [-0.15, -0.1) is 12.4 Å². The second-order valence-electron chi connectivity index (χ2n) is 2.26. The van der Waals surface area contributed by atoms with E-state index in [0.717, 1.165) is 13.1 Å². The molecule has 0 aliphatic carbocycles. The number of hydrogen-bond donors (Lipinski definition) is 1. The van der Waals surface area contributed by atoms with Gasteiger partial charge >= 0.3 is 0 Å². The molecule has 1 N–H and O–H groups in total. The molecule has 1 rings (SSSR count). The molecule has 0 spiro atoms. The molecule has 58 valence electrons. The Hall–Kier alpha value is 0.290. The molecule has 1 nitrogen and oxygen atoms in total. The van der Waals surface area contributed by atoms with Gasteiger partial charge in [0.15, 0.2) is 0 Å². The molecule has 1 saturated heterocycles. The first-order valence-corrected chi connectivity index (χ1v) is 4.04. The topological polar surface area (TPSA) is 12.0 Å². The van der Waals surface area contributed by atoms with E-state index in [-0.39, 0.29) is 12.4 Å². The third-order valence-corrected chi connectivity index (χ3v) is 1.83. The average molecular weight is 225 g/mol. The van der Waals surface area contributed by atoms with Gasteiger partial charge < -0.3 is 5.32 Å². The van der Waals surface area contributed by atoms with Crippen LogP contribution in [0.5, 0.6) is 0 Å². The van der Waals surface area contributed by atoms with Gasteiger partial charge in [0.1, 0.15) is 0 Å². The Morgan fingerprint density at radius 3 is 2.40 bits per heavy atom. The molecule has 1 aliphatic heterocycles. The zero-order valence-electron chi connectivity index (χ0n) is 5.69. The molecule has 0 aromatic heterocycles. The van der Waals surface area contributed by atoms with E-state index >= 15 is 0 Å². The monoisotopic (exact) mass is 223 g/mol. The van der Waals surface area contributed by atoms with Crippen molar-refractivity contribution >= 4 is 28.3 Å². The van der Waals surface area contributed by atoms with Crippen molar-refractivity contribution in [1.29, 1.82) is 0 Å². The summed E-state index contributed by atoms with van der Waals surface area (Å²) in [6.45, 7) is 2.26. The highest BCUT2D eigenvalue weighted by Crippen LogP contribution is 2.09. The fourth-order valence-electron chi connectivity index (χ4n) is 1.04. The Bertz CT molecular complexity index is 132. The molecule has 0 aromatic carbocycles. The zero-order valence-corrected chi connectivity index (χ0v) is 8.09. The highest BCUT2D eigenvalue weighted by molar-refractivity contribution is 9.12. The van der Waals surface area contributed by atoms with Gasteiger partial charge in [0.25, 0.3) is 0 Å². The van der Waals surface area contributed by atoms with Crippen LogP contribution in [0.3, 0.4) is 0 Å². The van der Waals surface area contributed by atoms with E-state index in [1.54, 1.807) is 0 Å². The summed E-state index contributed by atoms with van der Waals surface area (Å²) in [5.41, 5.74) is 0. The summed E-state index contributed by atoms with van der Waals surface area (Å²) in [6.07, 6.45) is 2.41. The summed E-state index contributed by atoms with van der Waals surface area (Å²) >= 11 is 3.10. The average Bonchev–Trinajstić information content (AvgIpc) is 1.91. The Morgan fingerprint density at radius 1 is 1.30 bits per heavy atom. The Kier molecular flexibility index (Phi) is 6.20. The highest BCUT2D eigenvalue weighted by atomic mass is 79.9. The van der Waals surface area contributed by atoms with Crippen molar-refractivity contribution in [2.24, 2.45) is 5.92 Å². The molecule has 1 heterocycles. The van der Waals surface area contributed by atoms with Crippen molar-refractivity contribution in [3.63, 3.8) is 0 Å². The van der Waals surface area contributed by atoms with Crippen molar-refractivity contribution in [3.8, 4) is 10.8 Å². The van der Waals surface area contributed by atoms with Crippen LogP contribution in [0.25, 0.3) is 0 Å². The summed E-state index contributed by atoms with van der Waals surface area (Å²) in [5, 5.41) is 3.29. The zero-order chi connectivity index (χ0) is 6.53. The summed E-state index contributed by atoms with van der Waals surface area (Å²) in [6, 6.07) is 0. The highest BCUT2D eigenvalue weighted by Gasteiger charge is 2.08. The minimum atomic E-state index is 0. The number of nitrogens with one attached hydrogen (secondary N) is 1. The summed E-state index contributed by atoms with van der Waals surface area (Å²) in [4.78, 5) is 2.77. The Balaban J connectivity index is 0.000000810. The van der Waals surface area contributed by atoms with Gasteiger partial charge in [0.05, 0.1) is 0 Å². The predicted molar refractivity (Wildman–Crippen MR) is 49.5 cm³/mol. The first-order valence-electron chi connectivity index (χ1n) is 3.25. The predicted octanol–water partition coefficient (Wildman–Crippen LogP) is 1.76. The second kappa shape index (κ2) is 6.03. The third kappa shape index (κ3) is 3.46. The molecule has 0 aromatic rings. The Morgan fingerprint density at radius 2 is 1.90 bits per heavy atom. The molecular formula is C7H11BrClN. The molecule has 3 heteroatoms. The molecule has 0 unspecified atom stereocenters. The van der Waals surface area contributed by atoms with Crippen LogP contribution >= 0.6 is 28.3 Å². The standard InChI is InChI=1S/C7H10BrN.ClH/c8-4-1-7-2-5-9-6-3-7;/h7,9H,2-3,5-6H2;1H. The lowest BCUT2D eigenvalue weighted by Gasteiger charge is -2.16. The number of rotatable bonds is 0. The smallest absolute Gasteiger partial charge is 0.0236 e. The van der Waals surface area contributed by atoms with Crippen LogP contribution in [0.1, 0.15) is 12.8 Å². The van der Waals surface area contributed by atoms with E-state index in [1.165, 1.54) is 12.8 Å². The van der Waals surface area contributed by atoms with Gasteiger partial charge in [-0.1, -0.05) is 5.92 Å².